The SMILES string of the molecule is Cc1ccc(C(O)Cc2cccc(Cl)c2Cl)cc1. The van der Waals surface area contributed by atoms with Gasteiger partial charge in [0.1, 0.15) is 0 Å². The first kappa shape index (κ1) is 13.4. The molecule has 0 aromatic heterocycles. The molecule has 3 heteroatoms. The van der Waals surface area contributed by atoms with Crippen molar-refractivity contribution in [3.05, 3.63) is 69.2 Å². The highest BCUT2D eigenvalue weighted by Crippen LogP contribution is 2.29. The van der Waals surface area contributed by atoms with Gasteiger partial charge in [0.2, 0.25) is 0 Å². The van der Waals surface area contributed by atoms with E-state index in [1.54, 1.807) is 6.07 Å². The Balaban J connectivity index is 2.18. The first-order valence-corrected chi connectivity index (χ1v) is 6.51. The molecule has 94 valence electrons. The van der Waals surface area contributed by atoms with Crippen molar-refractivity contribution in [2.24, 2.45) is 0 Å². The van der Waals surface area contributed by atoms with E-state index in [0.29, 0.717) is 16.5 Å². The molecule has 0 heterocycles. The number of rotatable bonds is 3. The summed E-state index contributed by atoms with van der Waals surface area (Å²) in [6.07, 6.45) is -0.107. The molecule has 0 saturated carbocycles. The molecule has 0 aliphatic rings. The highest BCUT2D eigenvalue weighted by Gasteiger charge is 2.12. The number of aliphatic hydroxyl groups is 1. The Morgan fingerprint density at radius 2 is 1.72 bits per heavy atom. The summed E-state index contributed by atoms with van der Waals surface area (Å²) in [5.41, 5.74) is 2.92. The van der Waals surface area contributed by atoms with Gasteiger partial charge in [0.15, 0.2) is 0 Å². The summed E-state index contributed by atoms with van der Waals surface area (Å²) >= 11 is 12.1. The zero-order valence-corrected chi connectivity index (χ0v) is 11.5. The second kappa shape index (κ2) is 5.75. The standard InChI is InChI=1S/C15H14Cl2O/c1-10-5-7-11(8-6-10)14(18)9-12-3-2-4-13(16)15(12)17/h2-8,14,18H,9H2,1H3. The van der Waals surface area contributed by atoms with Crippen molar-refractivity contribution in [2.75, 3.05) is 0 Å². The van der Waals surface area contributed by atoms with Gasteiger partial charge in [-0.25, -0.2) is 0 Å². The summed E-state index contributed by atoms with van der Waals surface area (Å²) in [5.74, 6) is 0. The lowest BCUT2D eigenvalue weighted by atomic mass is 10.0. The largest absolute Gasteiger partial charge is 0.388 e. The van der Waals surface area contributed by atoms with Gasteiger partial charge in [0.25, 0.3) is 0 Å². The molecule has 2 aromatic rings. The van der Waals surface area contributed by atoms with Crippen LogP contribution < -0.4 is 0 Å². The van der Waals surface area contributed by atoms with E-state index < -0.39 is 6.10 Å². The Hall–Kier alpha value is -1.02. The highest BCUT2D eigenvalue weighted by atomic mass is 35.5. The Morgan fingerprint density at radius 1 is 1.06 bits per heavy atom. The molecule has 2 aromatic carbocycles. The summed E-state index contributed by atoms with van der Waals surface area (Å²) in [7, 11) is 0. The molecule has 1 nitrogen and oxygen atoms in total. The van der Waals surface area contributed by atoms with Gasteiger partial charge in [-0.1, -0.05) is 65.2 Å². The van der Waals surface area contributed by atoms with Crippen LogP contribution in [0.5, 0.6) is 0 Å². The van der Waals surface area contributed by atoms with Crippen molar-refractivity contribution in [3.8, 4) is 0 Å². The van der Waals surface area contributed by atoms with Crippen LogP contribution >= 0.6 is 23.2 Å². The van der Waals surface area contributed by atoms with Gasteiger partial charge in [0, 0.05) is 6.42 Å². The molecule has 2 rings (SSSR count). The van der Waals surface area contributed by atoms with E-state index in [9.17, 15) is 5.11 Å². The van der Waals surface area contributed by atoms with Crippen molar-refractivity contribution >= 4 is 23.2 Å². The molecule has 0 bridgehead atoms. The summed E-state index contributed by atoms with van der Waals surface area (Å²) < 4.78 is 0. The van der Waals surface area contributed by atoms with Crippen LogP contribution in [0.15, 0.2) is 42.5 Å². The third-order valence-electron chi connectivity index (χ3n) is 2.91. The molecule has 0 aliphatic heterocycles. The second-order valence-electron chi connectivity index (χ2n) is 4.34. The first-order valence-electron chi connectivity index (χ1n) is 5.75. The summed E-state index contributed by atoms with van der Waals surface area (Å²) in [4.78, 5) is 0. The smallest absolute Gasteiger partial charge is 0.0830 e. The molecule has 1 N–H and O–H groups in total. The Morgan fingerprint density at radius 3 is 2.39 bits per heavy atom. The topological polar surface area (TPSA) is 20.2 Å². The van der Waals surface area contributed by atoms with Gasteiger partial charge in [0.05, 0.1) is 16.1 Å². The fraction of sp³-hybridized carbons (Fsp3) is 0.200. The quantitative estimate of drug-likeness (QED) is 0.873. The molecular formula is C15H14Cl2O. The minimum absolute atomic E-state index is 0.461. The fourth-order valence-corrected chi connectivity index (χ4v) is 2.22. The van der Waals surface area contributed by atoms with Crippen molar-refractivity contribution in [2.45, 2.75) is 19.4 Å². The minimum Gasteiger partial charge on any atom is -0.388 e. The lowest BCUT2D eigenvalue weighted by Gasteiger charge is -2.13. The lowest BCUT2D eigenvalue weighted by Crippen LogP contribution is -2.02. The zero-order valence-electron chi connectivity index (χ0n) is 10.0. The number of benzene rings is 2. The number of hydrogen-bond donors (Lipinski definition) is 1. The van der Waals surface area contributed by atoms with Crippen LogP contribution in [-0.4, -0.2) is 5.11 Å². The lowest BCUT2D eigenvalue weighted by molar-refractivity contribution is 0.178. The van der Waals surface area contributed by atoms with Gasteiger partial charge in [-0.15, -0.1) is 0 Å². The summed E-state index contributed by atoms with van der Waals surface area (Å²) in [5, 5.41) is 11.2. The molecule has 0 spiro atoms. The number of hydrogen-bond acceptors (Lipinski definition) is 1. The van der Waals surface area contributed by atoms with Crippen molar-refractivity contribution in [1.29, 1.82) is 0 Å². The third kappa shape index (κ3) is 3.05. The predicted octanol–water partition coefficient (Wildman–Crippen LogP) is 4.58. The molecule has 0 aliphatic carbocycles. The molecule has 18 heavy (non-hydrogen) atoms. The van der Waals surface area contributed by atoms with Gasteiger partial charge >= 0.3 is 0 Å². The summed E-state index contributed by atoms with van der Waals surface area (Å²) in [6.45, 7) is 2.02. The molecule has 0 amide bonds. The molecule has 0 fully saturated rings. The van der Waals surface area contributed by atoms with Crippen LogP contribution in [0, 0.1) is 6.92 Å². The second-order valence-corrected chi connectivity index (χ2v) is 5.13. The van der Waals surface area contributed by atoms with Crippen LogP contribution in [-0.2, 0) is 6.42 Å². The maximum absolute atomic E-state index is 10.2. The van der Waals surface area contributed by atoms with E-state index in [1.807, 2.05) is 43.3 Å². The van der Waals surface area contributed by atoms with Crippen LogP contribution in [0.4, 0.5) is 0 Å². The van der Waals surface area contributed by atoms with Crippen molar-refractivity contribution in [1.82, 2.24) is 0 Å². The van der Waals surface area contributed by atoms with Crippen LogP contribution in [0.3, 0.4) is 0 Å². The minimum atomic E-state index is -0.568. The monoisotopic (exact) mass is 280 g/mol. The van der Waals surface area contributed by atoms with E-state index in [2.05, 4.69) is 0 Å². The normalized spacial score (nSPS) is 12.4. The molecule has 1 unspecified atom stereocenters. The van der Waals surface area contributed by atoms with Crippen LogP contribution in [0.2, 0.25) is 10.0 Å². The van der Waals surface area contributed by atoms with Gasteiger partial charge in [-0.2, -0.15) is 0 Å². The highest BCUT2D eigenvalue weighted by molar-refractivity contribution is 6.42. The number of aryl methyl sites for hydroxylation is 1. The zero-order chi connectivity index (χ0) is 13.1. The predicted molar refractivity (Wildman–Crippen MR) is 76.3 cm³/mol. The van der Waals surface area contributed by atoms with E-state index in [4.69, 9.17) is 23.2 Å². The third-order valence-corrected chi connectivity index (χ3v) is 3.77. The van der Waals surface area contributed by atoms with Gasteiger partial charge < -0.3 is 5.11 Å². The van der Waals surface area contributed by atoms with Gasteiger partial charge in [-0.3, -0.25) is 0 Å². The molecule has 0 saturated heterocycles. The molecule has 1 atom stereocenters. The van der Waals surface area contributed by atoms with Crippen molar-refractivity contribution in [3.63, 3.8) is 0 Å². The van der Waals surface area contributed by atoms with Crippen LogP contribution in [0.25, 0.3) is 0 Å². The van der Waals surface area contributed by atoms with E-state index in [1.165, 1.54) is 5.56 Å². The van der Waals surface area contributed by atoms with Crippen molar-refractivity contribution < 1.29 is 5.11 Å². The average molecular weight is 281 g/mol. The number of aliphatic hydroxyl groups excluding tert-OH is 1. The fourth-order valence-electron chi connectivity index (χ4n) is 1.82. The maximum atomic E-state index is 10.2. The Labute approximate surface area is 117 Å². The first-order chi connectivity index (χ1) is 8.58. The van der Waals surface area contributed by atoms with Crippen LogP contribution in [0.1, 0.15) is 22.8 Å². The number of halogens is 2. The van der Waals surface area contributed by atoms with Gasteiger partial charge in [-0.05, 0) is 24.1 Å². The molecular weight excluding hydrogens is 267 g/mol. The average Bonchev–Trinajstić information content (AvgIpc) is 2.36. The maximum Gasteiger partial charge on any atom is 0.0830 e. The van der Waals surface area contributed by atoms with E-state index in [-0.39, 0.29) is 0 Å². The van der Waals surface area contributed by atoms with E-state index in [0.717, 1.165) is 11.1 Å². The molecule has 0 radical (unpaired) electrons. The van der Waals surface area contributed by atoms with E-state index >= 15 is 0 Å². The Kier molecular flexibility index (Phi) is 4.28. The summed E-state index contributed by atoms with van der Waals surface area (Å²) in [6, 6.07) is 13.3. The Bertz CT molecular complexity index is 535.